The summed E-state index contributed by atoms with van der Waals surface area (Å²) in [5.41, 5.74) is 7.78. The van der Waals surface area contributed by atoms with Crippen LogP contribution in [0.5, 0.6) is 0 Å². The summed E-state index contributed by atoms with van der Waals surface area (Å²) in [6, 6.07) is 28.7. The van der Waals surface area contributed by atoms with E-state index in [2.05, 4.69) is 54.6 Å². The highest BCUT2D eigenvalue weighted by Gasteiger charge is 2.22. The Bertz CT molecular complexity index is 1080. The van der Waals surface area contributed by atoms with Gasteiger partial charge in [0.1, 0.15) is 0 Å². The van der Waals surface area contributed by atoms with Gasteiger partial charge in [-0.25, -0.2) is 5.01 Å². The summed E-state index contributed by atoms with van der Waals surface area (Å²) in [4.78, 5) is 4.75. The van der Waals surface area contributed by atoms with Crippen molar-refractivity contribution < 1.29 is 0 Å². The monoisotopic (exact) mass is 361 g/mol. The van der Waals surface area contributed by atoms with Crippen LogP contribution in [0.15, 0.2) is 113 Å². The van der Waals surface area contributed by atoms with Crippen molar-refractivity contribution in [3.05, 3.63) is 108 Å². The molecule has 2 aliphatic rings. The van der Waals surface area contributed by atoms with Crippen molar-refractivity contribution in [1.29, 1.82) is 0 Å². The Morgan fingerprint density at radius 1 is 0.786 bits per heavy atom. The second-order valence-corrected chi connectivity index (χ2v) is 6.77. The van der Waals surface area contributed by atoms with E-state index in [1.54, 1.807) is 0 Å². The molecule has 5 rings (SSSR count). The predicted octanol–water partition coefficient (Wildman–Crippen LogP) is 6.31. The molecule has 0 radical (unpaired) electrons. The van der Waals surface area contributed by atoms with Crippen LogP contribution in [0.1, 0.15) is 12.0 Å². The molecule has 0 aromatic heterocycles. The third-order valence-electron chi connectivity index (χ3n) is 4.93. The minimum Gasteiger partial charge on any atom is -0.252 e. The van der Waals surface area contributed by atoms with Crippen molar-refractivity contribution in [2.24, 2.45) is 10.1 Å². The first kappa shape index (κ1) is 16.5. The summed E-state index contributed by atoms with van der Waals surface area (Å²) in [5.74, 6) is 0. The van der Waals surface area contributed by atoms with E-state index in [0.717, 1.165) is 34.8 Å². The molecule has 134 valence electrons. The van der Waals surface area contributed by atoms with Gasteiger partial charge in [0.15, 0.2) is 0 Å². The third kappa shape index (κ3) is 3.08. The molecule has 0 N–H and O–H groups in total. The van der Waals surface area contributed by atoms with Crippen LogP contribution in [0.4, 0.5) is 17.1 Å². The Kier molecular flexibility index (Phi) is 4.19. The van der Waals surface area contributed by atoms with Crippen LogP contribution < -0.4 is 5.01 Å². The summed E-state index contributed by atoms with van der Waals surface area (Å²) < 4.78 is 0. The quantitative estimate of drug-likeness (QED) is 0.395. The van der Waals surface area contributed by atoms with Crippen LogP contribution in [0.2, 0.25) is 0 Å². The first-order valence-electron chi connectivity index (χ1n) is 9.42. The summed E-state index contributed by atoms with van der Waals surface area (Å²) in [6.45, 7) is 0. The third-order valence-corrected chi connectivity index (χ3v) is 4.93. The number of hydrogen-bond donors (Lipinski definition) is 0. The molecule has 28 heavy (non-hydrogen) atoms. The van der Waals surface area contributed by atoms with Gasteiger partial charge in [-0.15, -0.1) is 0 Å². The standard InChI is InChI=1S/C25H19N3/c1-3-9-20(10-4-1)28(21-11-5-2-6-12-21)26-18-19-15-16-25-23(17-19)22-13-7-8-14-24(22)27-25/h1-15,17-18H,16H2/b26-18-. The normalized spacial score (nSPS) is 14.8. The molecule has 0 unspecified atom stereocenters. The predicted molar refractivity (Wildman–Crippen MR) is 118 cm³/mol. The molecule has 0 fully saturated rings. The van der Waals surface area contributed by atoms with Gasteiger partial charge in [-0.3, -0.25) is 4.99 Å². The molecule has 3 aromatic rings. The van der Waals surface area contributed by atoms with Crippen LogP contribution in [0.3, 0.4) is 0 Å². The van der Waals surface area contributed by atoms with Gasteiger partial charge < -0.3 is 0 Å². The van der Waals surface area contributed by atoms with E-state index in [1.807, 2.05) is 53.7 Å². The summed E-state index contributed by atoms with van der Waals surface area (Å²) in [6.07, 6.45) is 7.14. The molecule has 1 heterocycles. The first-order chi connectivity index (χ1) is 13.9. The molecular weight excluding hydrogens is 342 g/mol. The minimum absolute atomic E-state index is 0.832. The number of fused-ring (bicyclic) bond motifs is 3. The van der Waals surface area contributed by atoms with Crippen molar-refractivity contribution >= 4 is 34.6 Å². The van der Waals surface area contributed by atoms with Crippen LogP contribution in [-0.4, -0.2) is 11.9 Å². The van der Waals surface area contributed by atoms with E-state index < -0.39 is 0 Å². The fourth-order valence-corrected chi connectivity index (χ4v) is 3.55. The first-order valence-corrected chi connectivity index (χ1v) is 9.42. The zero-order chi connectivity index (χ0) is 18.8. The SMILES string of the molecule is C1=C(/C=N\N(c2ccccc2)c2ccccc2)C=C2C(=Nc3ccccc32)C1. The second-order valence-electron chi connectivity index (χ2n) is 6.77. The molecule has 3 aromatic carbocycles. The minimum atomic E-state index is 0.832. The summed E-state index contributed by atoms with van der Waals surface area (Å²) in [7, 11) is 0. The molecule has 1 aliphatic carbocycles. The highest BCUT2D eigenvalue weighted by molar-refractivity contribution is 6.31. The lowest BCUT2D eigenvalue weighted by Crippen LogP contribution is -2.10. The summed E-state index contributed by atoms with van der Waals surface area (Å²) in [5, 5.41) is 6.78. The summed E-state index contributed by atoms with van der Waals surface area (Å²) >= 11 is 0. The lowest BCUT2D eigenvalue weighted by molar-refractivity contribution is 1.09. The number of nitrogens with zero attached hydrogens (tertiary/aromatic N) is 3. The Labute approximate surface area is 164 Å². The van der Waals surface area contributed by atoms with Crippen molar-refractivity contribution in [3.63, 3.8) is 0 Å². The van der Waals surface area contributed by atoms with Gasteiger partial charge in [-0.1, -0.05) is 60.7 Å². The molecule has 0 atom stereocenters. The average Bonchev–Trinajstić information content (AvgIpc) is 3.13. The number of allylic oxidation sites excluding steroid dienone is 4. The largest absolute Gasteiger partial charge is 0.252 e. The van der Waals surface area contributed by atoms with Crippen LogP contribution in [-0.2, 0) is 0 Å². The number of rotatable bonds is 4. The van der Waals surface area contributed by atoms with E-state index >= 15 is 0 Å². The van der Waals surface area contributed by atoms with Crippen molar-refractivity contribution in [2.45, 2.75) is 6.42 Å². The van der Waals surface area contributed by atoms with Crippen molar-refractivity contribution in [3.8, 4) is 0 Å². The smallest absolute Gasteiger partial charge is 0.0712 e. The Hall–Kier alpha value is -3.72. The number of anilines is 2. The van der Waals surface area contributed by atoms with Gasteiger partial charge in [-0.2, -0.15) is 5.10 Å². The molecule has 0 spiro atoms. The van der Waals surface area contributed by atoms with Gasteiger partial charge in [0, 0.05) is 17.6 Å². The number of hydrogen-bond acceptors (Lipinski definition) is 3. The fourth-order valence-electron chi connectivity index (χ4n) is 3.55. The van der Waals surface area contributed by atoms with Crippen LogP contribution in [0, 0.1) is 0 Å². The zero-order valence-corrected chi connectivity index (χ0v) is 15.4. The van der Waals surface area contributed by atoms with Crippen LogP contribution >= 0.6 is 0 Å². The van der Waals surface area contributed by atoms with Gasteiger partial charge in [0.2, 0.25) is 0 Å². The van der Waals surface area contributed by atoms with E-state index in [1.165, 1.54) is 11.1 Å². The molecule has 0 saturated heterocycles. The molecular formula is C25H19N3. The number of para-hydroxylation sites is 3. The lowest BCUT2D eigenvalue weighted by atomic mass is 9.94. The van der Waals surface area contributed by atoms with E-state index in [0.29, 0.717) is 0 Å². The van der Waals surface area contributed by atoms with Gasteiger partial charge in [0.05, 0.1) is 29.0 Å². The molecule has 1 aliphatic heterocycles. The highest BCUT2D eigenvalue weighted by Crippen LogP contribution is 2.38. The molecule has 0 amide bonds. The molecule has 3 heteroatoms. The van der Waals surface area contributed by atoms with Crippen molar-refractivity contribution in [1.82, 2.24) is 0 Å². The number of hydrazone groups is 1. The van der Waals surface area contributed by atoms with Crippen molar-refractivity contribution in [2.75, 3.05) is 5.01 Å². The van der Waals surface area contributed by atoms with E-state index in [9.17, 15) is 0 Å². The topological polar surface area (TPSA) is 28.0 Å². The Balaban J connectivity index is 1.48. The van der Waals surface area contributed by atoms with E-state index in [4.69, 9.17) is 10.1 Å². The average molecular weight is 361 g/mol. The van der Waals surface area contributed by atoms with E-state index in [-0.39, 0.29) is 0 Å². The maximum Gasteiger partial charge on any atom is 0.0712 e. The Morgan fingerprint density at radius 2 is 1.43 bits per heavy atom. The molecule has 3 nitrogen and oxygen atoms in total. The van der Waals surface area contributed by atoms with Gasteiger partial charge in [-0.05, 0) is 42.0 Å². The number of benzene rings is 3. The Morgan fingerprint density at radius 3 is 2.14 bits per heavy atom. The zero-order valence-electron chi connectivity index (χ0n) is 15.4. The second kappa shape index (κ2) is 7.12. The maximum absolute atomic E-state index is 4.81. The van der Waals surface area contributed by atoms with Gasteiger partial charge >= 0.3 is 0 Å². The molecule has 0 bridgehead atoms. The number of aliphatic imine (C=N–C) groups is 1. The lowest BCUT2D eigenvalue weighted by Gasteiger charge is -2.19. The molecule has 0 saturated carbocycles. The van der Waals surface area contributed by atoms with Crippen LogP contribution in [0.25, 0.3) is 5.57 Å². The fraction of sp³-hybridized carbons (Fsp3) is 0.0400. The maximum atomic E-state index is 4.81. The van der Waals surface area contributed by atoms with Gasteiger partial charge in [0.25, 0.3) is 0 Å². The highest BCUT2D eigenvalue weighted by atomic mass is 15.5.